The van der Waals surface area contributed by atoms with Crippen molar-refractivity contribution in [2.75, 3.05) is 0 Å². The number of alkyl halides is 3. The SMILES string of the molecule is O=S(=O)(Cc1ccc(C(F)(F)F)cc1)N(Cc1ccsc1)Cc1ccccn1. The van der Waals surface area contributed by atoms with E-state index in [1.54, 1.807) is 24.4 Å². The van der Waals surface area contributed by atoms with Gasteiger partial charge in [0.1, 0.15) is 0 Å². The molecule has 0 aliphatic carbocycles. The van der Waals surface area contributed by atoms with E-state index in [1.165, 1.54) is 27.8 Å². The molecular weight excluding hydrogens is 409 g/mol. The Morgan fingerprint density at radius 1 is 0.964 bits per heavy atom. The fourth-order valence-electron chi connectivity index (χ4n) is 2.60. The molecule has 4 nitrogen and oxygen atoms in total. The van der Waals surface area contributed by atoms with Gasteiger partial charge in [-0.1, -0.05) is 18.2 Å². The highest BCUT2D eigenvalue weighted by atomic mass is 32.2. The normalized spacial score (nSPS) is 12.4. The highest BCUT2D eigenvalue weighted by molar-refractivity contribution is 7.88. The number of hydrogen-bond acceptors (Lipinski definition) is 4. The first-order chi connectivity index (χ1) is 13.2. The van der Waals surface area contributed by atoms with Crippen molar-refractivity contribution in [3.63, 3.8) is 0 Å². The number of rotatable bonds is 7. The second-order valence-electron chi connectivity index (χ2n) is 6.17. The largest absolute Gasteiger partial charge is 0.416 e. The van der Waals surface area contributed by atoms with E-state index in [4.69, 9.17) is 0 Å². The molecule has 0 aliphatic rings. The van der Waals surface area contributed by atoms with Gasteiger partial charge < -0.3 is 0 Å². The van der Waals surface area contributed by atoms with Crippen LogP contribution >= 0.6 is 11.3 Å². The molecule has 3 aromatic rings. The Bertz CT molecular complexity index is 988. The van der Waals surface area contributed by atoms with Crippen molar-refractivity contribution in [1.29, 1.82) is 0 Å². The summed E-state index contributed by atoms with van der Waals surface area (Å²) in [6.45, 7) is 0.253. The minimum absolute atomic E-state index is 0.0830. The van der Waals surface area contributed by atoms with Gasteiger partial charge in [-0.25, -0.2) is 8.42 Å². The van der Waals surface area contributed by atoms with Gasteiger partial charge in [-0.3, -0.25) is 4.98 Å². The first-order valence-corrected chi connectivity index (χ1v) is 10.8. The summed E-state index contributed by atoms with van der Waals surface area (Å²) in [5.41, 5.74) is 0.923. The van der Waals surface area contributed by atoms with Gasteiger partial charge >= 0.3 is 6.18 Å². The quantitative estimate of drug-likeness (QED) is 0.551. The van der Waals surface area contributed by atoms with E-state index in [1.807, 2.05) is 16.8 Å². The fourth-order valence-corrected chi connectivity index (χ4v) is 4.73. The average Bonchev–Trinajstić information content (AvgIpc) is 3.15. The van der Waals surface area contributed by atoms with Crippen LogP contribution in [0.15, 0.2) is 65.5 Å². The summed E-state index contributed by atoms with van der Waals surface area (Å²) in [6, 6.07) is 11.3. The molecule has 9 heteroatoms. The Morgan fingerprint density at radius 3 is 2.29 bits per heavy atom. The maximum absolute atomic E-state index is 13.0. The molecule has 2 heterocycles. The van der Waals surface area contributed by atoms with E-state index in [0.717, 1.165) is 17.7 Å². The standard InChI is InChI=1S/C19H17F3N2O2S2/c20-19(21,22)17-6-4-15(5-7-17)14-28(25,26)24(11-16-8-10-27-13-16)12-18-3-1-2-9-23-18/h1-10,13H,11-12,14H2. The molecule has 28 heavy (non-hydrogen) atoms. The van der Waals surface area contributed by atoms with Crippen LogP contribution in [0.4, 0.5) is 13.2 Å². The summed E-state index contributed by atoms with van der Waals surface area (Å²) in [7, 11) is -3.78. The third kappa shape index (κ3) is 5.40. The molecule has 2 aromatic heterocycles. The topological polar surface area (TPSA) is 50.3 Å². The van der Waals surface area contributed by atoms with E-state index in [0.29, 0.717) is 11.3 Å². The fraction of sp³-hybridized carbons (Fsp3) is 0.211. The summed E-state index contributed by atoms with van der Waals surface area (Å²) >= 11 is 1.46. The third-order valence-electron chi connectivity index (χ3n) is 4.03. The Balaban J connectivity index is 1.82. The first-order valence-electron chi connectivity index (χ1n) is 8.29. The molecule has 0 fully saturated rings. The van der Waals surface area contributed by atoms with E-state index in [2.05, 4.69) is 4.98 Å². The Morgan fingerprint density at radius 2 is 1.71 bits per heavy atom. The molecule has 148 valence electrons. The van der Waals surface area contributed by atoms with Crippen LogP contribution in [0, 0.1) is 0 Å². The Kier molecular flexibility index (Phi) is 6.17. The molecule has 0 bridgehead atoms. The van der Waals surface area contributed by atoms with Crippen LogP contribution in [0.2, 0.25) is 0 Å². The van der Waals surface area contributed by atoms with E-state index >= 15 is 0 Å². The molecule has 1 aromatic carbocycles. The van der Waals surface area contributed by atoms with Crippen molar-refractivity contribution in [3.8, 4) is 0 Å². The van der Waals surface area contributed by atoms with Crippen molar-refractivity contribution < 1.29 is 21.6 Å². The van der Waals surface area contributed by atoms with Crippen LogP contribution in [0.1, 0.15) is 22.4 Å². The molecule has 0 amide bonds. The van der Waals surface area contributed by atoms with E-state index in [-0.39, 0.29) is 18.8 Å². The summed E-state index contributed by atoms with van der Waals surface area (Å²) < 4.78 is 65.4. The maximum Gasteiger partial charge on any atom is 0.416 e. The van der Waals surface area contributed by atoms with Gasteiger partial charge in [0.25, 0.3) is 0 Å². The highest BCUT2D eigenvalue weighted by Gasteiger charge is 2.30. The van der Waals surface area contributed by atoms with Crippen LogP contribution in [0.3, 0.4) is 0 Å². The lowest BCUT2D eigenvalue weighted by Gasteiger charge is -2.22. The number of nitrogens with zero attached hydrogens (tertiary/aromatic N) is 2. The zero-order chi connectivity index (χ0) is 20.2. The number of aromatic nitrogens is 1. The minimum Gasteiger partial charge on any atom is -0.260 e. The predicted molar refractivity (Wildman–Crippen MR) is 102 cm³/mol. The van der Waals surface area contributed by atoms with Gasteiger partial charge in [0.2, 0.25) is 10.0 Å². The zero-order valence-electron chi connectivity index (χ0n) is 14.6. The number of thiophene rings is 1. The summed E-state index contributed by atoms with van der Waals surface area (Å²) in [5, 5.41) is 3.72. The summed E-state index contributed by atoms with van der Waals surface area (Å²) in [5.74, 6) is -0.387. The van der Waals surface area contributed by atoms with Crippen molar-refractivity contribution >= 4 is 21.4 Å². The molecule has 0 spiro atoms. The lowest BCUT2D eigenvalue weighted by Crippen LogP contribution is -2.31. The molecule has 0 atom stereocenters. The second kappa shape index (κ2) is 8.42. The number of benzene rings is 1. The van der Waals surface area contributed by atoms with Gasteiger partial charge in [0.15, 0.2) is 0 Å². The van der Waals surface area contributed by atoms with Crippen molar-refractivity contribution in [2.45, 2.75) is 25.0 Å². The lowest BCUT2D eigenvalue weighted by atomic mass is 10.1. The highest BCUT2D eigenvalue weighted by Crippen LogP contribution is 2.29. The molecule has 0 unspecified atom stereocenters. The van der Waals surface area contributed by atoms with Gasteiger partial charge in [-0.2, -0.15) is 28.8 Å². The Hall–Kier alpha value is -2.23. The van der Waals surface area contributed by atoms with Crippen molar-refractivity contribution in [3.05, 3.63) is 87.9 Å². The second-order valence-corrected chi connectivity index (χ2v) is 8.92. The molecule has 0 N–H and O–H groups in total. The molecule has 3 rings (SSSR count). The smallest absolute Gasteiger partial charge is 0.260 e. The van der Waals surface area contributed by atoms with Crippen molar-refractivity contribution in [1.82, 2.24) is 9.29 Å². The molecule has 0 saturated heterocycles. The molecule has 0 aliphatic heterocycles. The van der Waals surface area contributed by atoms with Crippen LogP contribution in [0.5, 0.6) is 0 Å². The maximum atomic E-state index is 13.0. The number of pyridine rings is 1. The van der Waals surface area contributed by atoms with Gasteiger partial charge in [-0.05, 0) is 52.2 Å². The van der Waals surface area contributed by atoms with Crippen LogP contribution in [0.25, 0.3) is 0 Å². The lowest BCUT2D eigenvalue weighted by molar-refractivity contribution is -0.137. The number of halogens is 3. The van der Waals surface area contributed by atoms with Crippen LogP contribution in [-0.2, 0) is 35.0 Å². The molecule has 0 radical (unpaired) electrons. The van der Waals surface area contributed by atoms with Gasteiger partial charge in [0, 0.05) is 12.7 Å². The zero-order valence-corrected chi connectivity index (χ0v) is 16.3. The third-order valence-corrected chi connectivity index (χ3v) is 6.50. The predicted octanol–water partition coefficient (Wildman–Crippen LogP) is 4.69. The molecule has 0 saturated carbocycles. The number of sulfonamides is 1. The average molecular weight is 426 g/mol. The molecular formula is C19H17F3N2O2S2. The summed E-state index contributed by atoms with van der Waals surface area (Å²) in [6.07, 6.45) is -2.87. The van der Waals surface area contributed by atoms with Gasteiger partial charge in [0.05, 0.1) is 23.6 Å². The monoisotopic (exact) mass is 426 g/mol. The first kappa shape index (κ1) is 20.5. The Labute approximate surface area is 165 Å². The van der Waals surface area contributed by atoms with E-state index in [9.17, 15) is 21.6 Å². The van der Waals surface area contributed by atoms with Crippen LogP contribution in [-0.4, -0.2) is 17.7 Å². The van der Waals surface area contributed by atoms with Gasteiger partial charge in [-0.15, -0.1) is 0 Å². The van der Waals surface area contributed by atoms with E-state index < -0.39 is 21.8 Å². The van der Waals surface area contributed by atoms with Crippen LogP contribution < -0.4 is 0 Å². The van der Waals surface area contributed by atoms with Crippen molar-refractivity contribution in [2.24, 2.45) is 0 Å². The number of hydrogen-bond donors (Lipinski definition) is 0. The summed E-state index contributed by atoms with van der Waals surface area (Å²) in [4.78, 5) is 4.18. The minimum atomic E-state index is -4.46.